The van der Waals surface area contributed by atoms with Crippen molar-refractivity contribution in [2.75, 3.05) is 31.4 Å². The van der Waals surface area contributed by atoms with Crippen molar-refractivity contribution in [1.29, 1.82) is 0 Å². The maximum absolute atomic E-state index is 11.7. The highest BCUT2D eigenvalue weighted by atomic mass is 16.5. The molecule has 9 heteroatoms. The number of rotatable bonds is 8. The molecule has 0 bridgehead atoms. The SMILES string of the molecule is CCCc1cc(Nc2cnc3ccc(NC(=O)NCC)nc3n2)cc(OC)c1OC. The number of carbonyl (C=O) groups is 1. The fraction of sp³-hybridized carbons (Fsp3) is 0.333. The molecule has 0 aliphatic rings. The zero-order chi connectivity index (χ0) is 21.5. The minimum atomic E-state index is -0.319. The lowest BCUT2D eigenvalue weighted by Gasteiger charge is -2.15. The van der Waals surface area contributed by atoms with Crippen molar-refractivity contribution in [3.63, 3.8) is 0 Å². The van der Waals surface area contributed by atoms with E-state index in [4.69, 9.17) is 9.47 Å². The molecule has 3 aromatic rings. The van der Waals surface area contributed by atoms with Crippen LogP contribution in [-0.2, 0) is 6.42 Å². The number of anilines is 3. The fourth-order valence-electron chi connectivity index (χ4n) is 3.07. The number of ether oxygens (including phenoxy) is 2. The molecular formula is C21H26N6O3. The van der Waals surface area contributed by atoms with Crippen LogP contribution in [0.4, 0.5) is 22.1 Å². The highest BCUT2D eigenvalue weighted by Gasteiger charge is 2.13. The molecule has 2 aromatic heterocycles. The summed E-state index contributed by atoms with van der Waals surface area (Å²) in [6.45, 7) is 4.48. The second-order valence-corrected chi connectivity index (χ2v) is 6.52. The third-order valence-corrected chi connectivity index (χ3v) is 4.33. The molecule has 158 valence electrons. The summed E-state index contributed by atoms with van der Waals surface area (Å²) >= 11 is 0. The molecule has 3 rings (SSSR count). The molecule has 0 fully saturated rings. The van der Waals surface area contributed by atoms with Crippen molar-refractivity contribution in [3.8, 4) is 11.5 Å². The first-order valence-electron chi connectivity index (χ1n) is 9.78. The number of nitrogens with zero attached hydrogens (tertiary/aromatic N) is 3. The average Bonchev–Trinajstić information content (AvgIpc) is 2.73. The van der Waals surface area contributed by atoms with Crippen LogP contribution in [0, 0.1) is 0 Å². The molecule has 3 N–H and O–H groups in total. The molecular weight excluding hydrogens is 384 g/mol. The molecule has 0 unspecified atom stereocenters. The van der Waals surface area contributed by atoms with Crippen LogP contribution in [-0.4, -0.2) is 41.7 Å². The predicted molar refractivity (Wildman–Crippen MR) is 117 cm³/mol. The Bertz CT molecular complexity index is 1040. The third-order valence-electron chi connectivity index (χ3n) is 4.33. The van der Waals surface area contributed by atoms with Crippen LogP contribution in [0.25, 0.3) is 11.2 Å². The number of carbonyl (C=O) groups excluding carboxylic acids is 1. The molecule has 0 spiro atoms. The topological polar surface area (TPSA) is 110 Å². The van der Waals surface area contributed by atoms with Crippen molar-refractivity contribution in [3.05, 3.63) is 36.0 Å². The van der Waals surface area contributed by atoms with Crippen LogP contribution >= 0.6 is 0 Å². The Hall–Kier alpha value is -3.62. The van der Waals surface area contributed by atoms with Gasteiger partial charge in [0.05, 0.1) is 20.4 Å². The second kappa shape index (κ2) is 9.73. The number of methoxy groups -OCH3 is 2. The van der Waals surface area contributed by atoms with Crippen LogP contribution in [0.15, 0.2) is 30.5 Å². The van der Waals surface area contributed by atoms with Crippen LogP contribution in [0.3, 0.4) is 0 Å². The van der Waals surface area contributed by atoms with Gasteiger partial charge in [0.15, 0.2) is 23.0 Å². The van der Waals surface area contributed by atoms with Gasteiger partial charge in [-0.05, 0) is 31.5 Å². The monoisotopic (exact) mass is 410 g/mol. The molecule has 0 saturated carbocycles. The van der Waals surface area contributed by atoms with Crippen LogP contribution in [0.2, 0.25) is 0 Å². The van der Waals surface area contributed by atoms with Crippen LogP contribution < -0.4 is 25.4 Å². The van der Waals surface area contributed by atoms with E-state index in [9.17, 15) is 4.79 Å². The molecule has 0 atom stereocenters. The lowest BCUT2D eigenvalue weighted by Crippen LogP contribution is -2.28. The first-order chi connectivity index (χ1) is 14.6. The Morgan fingerprint density at radius 3 is 2.57 bits per heavy atom. The predicted octanol–water partition coefficient (Wildman–Crippen LogP) is 3.88. The molecule has 30 heavy (non-hydrogen) atoms. The zero-order valence-electron chi connectivity index (χ0n) is 17.6. The number of pyridine rings is 1. The molecule has 0 aliphatic heterocycles. The summed E-state index contributed by atoms with van der Waals surface area (Å²) in [5, 5.41) is 8.59. The highest BCUT2D eigenvalue weighted by molar-refractivity contribution is 5.89. The zero-order valence-corrected chi connectivity index (χ0v) is 17.6. The number of nitrogens with one attached hydrogen (secondary N) is 3. The first-order valence-corrected chi connectivity index (χ1v) is 9.78. The standard InChI is InChI=1S/C21H26N6O3/c1-5-7-13-10-14(11-16(29-3)19(13)30-4)24-18-12-23-15-8-9-17(25-20(15)26-18)27-21(28)22-6-2/h8-12H,5-7H2,1-4H3,(H3,22,24,25,26,27,28). The quantitative estimate of drug-likeness (QED) is 0.517. The Morgan fingerprint density at radius 1 is 1.07 bits per heavy atom. The van der Waals surface area contributed by atoms with Crippen molar-refractivity contribution in [2.45, 2.75) is 26.7 Å². The first kappa shape index (κ1) is 21.1. The molecule has 2 heterocycles. The number of aromatic nitrogens is 3. The van der Waals surface area contributed by atoms with E-state index < -0.39 is 0 Å². The molecule has 0 saturated heterocycles. The summed E-state index contributed by atoms with van der Waals surface area (Å²) < 4.78 is 11.0. The lowest BCUT2D eigenvalue weighted by molar-refractivity contribution is 0.252. The molecule has 2 amide bonds. The van der Waals surface area contributed by atoms with Gasteiger partial charge in [0, 0.05) is 23.9 Å². The van der Waals surface area contributed by atoms with Gasteiger partial charge in [0.1, 0.15) is 11.3 Å². The van der Waals surface area contributed by atoms with Crippen molar-refractivity contribution in [2.24, 2.45) is 0 Å². The Balaban J connectivity index is 1.89. The average molecular weight is 410 g/mol. The Kier molecular flexibility index (Phi) is 6.84. The van der Waals surface area contributed by atoms with Crippen molar-refractivity contribution < 1.29 is 14.3 Å². The number of benzene rings is 1. The Morgan fingerprint density at radius 2 is 1.87 bits per heavy atom. The summed E-state index contributed by atoms with van der Waals surface area (Å²) in [7, 11) is 3.25. The second-order valence-electron chi connectivity index (χ2n) is 6.52. The Labute approximate surface area is 175 Å². The summed E-state index contributed by atoms with van der Waals surface area (Å²) in [6.07, 6.45) is 3.47. The van der Waals surface area contributed by atoms with E-state index in [2.05, 4.69) is 37.8 Å². The summed E-state index contributed by atoms with van der Waals surface area (Å²) in [5.41, 5.74) is 2.90. The van der Waals surface area contributed by atoms with E-state index >= 15 is 0 Å². The third kappa shape index (κ3) is 4.86. The normalized spacial score (nSPS) is 10.5. The maximum Gasteiger partial charge on any atom is 0.320 e. The highest BCUT2D eigenvalue weighted by Crippen LogP contribution is 2.36. The molecule has 9 nitrogen and oxygen atoms in total. The number of aryl methyl sites for hydroxylation is 1. The lowest BCUT2D eigenvalue weighted by atomic mass is 10.1. The van der Waals surface area contributed by atoms with E-state index in [-0.39, 0.29) is 6.03 Å². The molecule has 1 aromatic carbocycles. The van der Waals surface area contributed by atoms with Crippen LogP contribution in [0.5, 0.6) is 11.5 Å². The smallest absolute Gasteiger partial charge is 0.320 e. The largest absolute Gasteiger partial charge is 0.493 e. The fourth-order valence-corrected chi connectivity index (χ4v) is 3.07. The summed E-state index contributed by atoms with van der Waals surface area (Å²) in [4.78, 5) is 25.0. The van der Waals surface area contributed by atoms with E-state index in [1.54, 1.807) is 32.5 Å². The van der Waals surface area contributed by atoms with Gasteiger partial charge in [-0.1, -0.05) is 13.3 Å². The van der Waals surface area contributed by atoms with Gasteiger partial charge in [-0.2, -0.15) is 0 Å². The number of hydrogen-bond donors (Lipinski definition) is 3. The summed E-state index contributed by atoms with van der Waals surface area (Å²) in [5.74, 6) is 2.31. The van der Waals surface area contributed by atoms with Gasteiger partial charge >= 0.3 is 6.03 Å². The van der Waals surface area contributed by atoms with E-state index in [0.29, 0.717) is 35.1 Å². The van der Waals surface area contributed by atoms with E-state index in [1.807, 2.05) is 19.1 Å². The van der Waals surface area contributed by atoms with Gasteiger partial charge in [-0.3, -0.25) is 5.32 Å². The van der Waals surface area contributed by atoms with Crippen LogP contribution in [0.1, 0.15) is 25.8 Å². The minimum Gasteiger partial charge on any atom is -0.493 e. The molecule has 0 radical (unpaired) electrons. The summed E-state index contributed by atoms with van der Waals surface area (Å²) in [6, 6.07) is 6.99. The van der Waals surface area contributed by atoms with Crippen molar-refractivity contribution >= 4 is 34.5 Å². The maximum atomic E-state index is 11.7. The van der Waals surface area contributed by atoms with Gasteiger partial charge in [0.25, 0.3) is 0 Å². The number of urea groups is 1. The van der Waals surface area contributed by atoms with Gasteiger partial charge in [-0.15, -0.1) is 0 Å². The van der Waals surface area contributed by atoms with Gasteiger partial charge in [-0.25, -0.2) is 19.7 Å². The molecule has 0 aliphatic carbocycles. The van der Waals surface area contributed by atoms with E-state index in [1.165, 1.54) is 0 Å². The number of amides is 2. The minimum absolute atomic E-state index is 0.319. The number of fused-ring (bicyclic) bond motifs is 1. The van der Waals surface area contributed by atoms with Gasteiger partial charge in [0.2, 0.25) is 0 Å². The van der Waals surface area contributed by atoms with Gasteiger partial charge < -0.3 is 20.1 Å². The van der Waals surface area contributed by atoms with Crippen molar-refractivity contribution in [1.82, 2.24) is 20.3 Å². The van der Waals surface area contributed by atoms with E-state index in [0.717, 1.165) is 29.8 Å². The number of hydrogen-bond acceptors (Lipinski definition) is 7.